The fraction of sp³-hybridized carbons (Fsp3) is 0.400. The Balaban J connectivity index is 1.74. The van der Waals surface area contributed by atoms with Gasteiger partial charge in [-0.1, -0.05) is 35.9 Å². The first-order valence-corrected chi connectivity index (χ1v) is 17.1. The number of benzene rings is 3. The third-order valence-corrected chi connectivity index (χ3v) is 10.4. The largest absolute Gasteiger partial charge is 0.459 e. The summed E-state index contributed by atoms with van der Waals surface area (Å²) >= 11 is 6.28. The van der Waals surface area contributed by atoms with Crippen LogP contribution in [0.5, 0.6) is 0 Å². The summed E-state index contributed by atoms with van der Waals surface area (Å²) in [6.45, 7) is 11.5. The van der Waals surface area contributed by atoms with Crippen molar-refractivity contribution in [2.24, 2.45) is 0 Å². The Morgan fingerprint density at radius 2 is 1.65 bits per heavy atom. The molecule has 0 unspecified atom stereocenters. The molecule has 0 fully saturated rings. The summed E-state index contributed by atoms with van der Waals surface area (Å²) in [7, 11) is -2.65. The summed E-state index contributed by atoms with van der Waals surface area (Å²) in [5.74, 6) is -0.913. The quantitative estimate of drug-likeness (QED) is 0.127. The van der Waals surface area contributed by atoms with Gasteiger partial charge >= 0.3 is 12.1 Å². The zero-order valence-corrected chi connectivity index (χ0v) is 29.5. The molecule has 3 aromatic carbocycles. The summed E-state index contributed by atoms with van der Waals surface area (Å²) in [4.78, 5) is 16.3. The summed E-state index contributed by atoms with van der Waals surface area (Å²) in [6, 6.07) is 13.1. The molecule has 0 bridgehead atoms. The number of halogens is 5. The normalized spacial score (nSPS) is 14.7. The third kappa shape index (κ3) is 8.15. The summed E-state index contributed by atoms with van der Waals surface area (Å²) in [5, 5.41) is 0.208. The number of nitrogens with zero attached hydrogens (tertiary/aromatic N) is 3. The number of sulfonamides is 1. The number of rotatable bonds is 9. The Bertz CT molecular complexity index is 1800. The lowest BCUT2D eigenvalue weighted by atomic mass is 10.0. The van der Waals surface area contributed by atoms with Crippen LogP contribution in [0.3, 0.4) is 0 Å². The van der Waals surface area contributed by atoms with E-state index in [0.717, 1.165) is 22.5 Å². The number of carbonyl (C=O) groups excluding carboxylic acids is 1. The molecule has 1 heterocycles. The average Bonchev–Trinajstić information content (AvgIpc) is 2.98. The molecule has 7 nitrogen and oxygen atoms in total. The van der Waals surface area contributed by atoms with E-state index in [2.05, 4.69) is 0 Å². The average molecular weight is 710 g/mol. The molecule has 0 N–H and O–H groups in total. The maximum absolute atomic E-state index is 14.7. The van der Waals surface area contributed by atoms with Gasteiger partial charge in [-0.15, -0.1) is 0 Å². The van der Waals surface area contributed by atoms with Crippen LogP contribution in [-0.2, 0) is 25.7 Å². The smallest absolute Gasteiger partial charge is 0.416 e. The van der Waals surface area contributed by atoms with Gasteiger partial charge in [0.05, 0.1) is 33.4 Å². The predicted octanol–water partition coefficient (Wildman–Crippen LogP) is 8.13. The van der Waals surface area contributed by atoms with E-state index in [0.29, 0.717) is 36.0 Å². The lowest BCUT2D eigenvalue weighted by Crippen LogP contribution is -2.53. The van der Waals surface area contributed by atoms with E-state index in [-0.39, 0.29) is 29.4 Å². The first-order valence-electron chi connectivity index (χ1n) is 15.3. The third-order valence-electron chi connectivity index (χ3n) is 8.23. The van der Waals surface area contributed by atoms with E-state index in [4.69, 9.17) is 16.3 Å². The molecule has 0 aromatic heterocycles. The number of alkyl halides is 3. The van der Waals surface area contributed by atoms with Gasteiger partial charge < -0.3 is 9.64 Å². The minimum atomic E-state index is -4.73. The van der Waals surface area contributed by atoms with Crippen molar-refractivity contribution in [1.82, 2.24) is 4.90 Å². The molecule has 0 radical (unpaired) electrons. The zero-order chi connectivity index (χ0) is 35.8. The van der Waals surface area contributed by atoms with Gasteiger partial charge in [0, 0.05) is 25.2 Å². The molecule has 48 heavy (non-hydrogen) atoms. The molecule has 0 atom stereocenters. The molecule has 0 saturated carbocycles. The van der Waals surface area contributed by atoms with Gasteiger partial charge in [0.15, 0.2) is 0 Å². The molecule has 4 rings (SSSR count). The van der Waals surface area contributed by atoms with Crippen molar-refractivity contribution in [3.8, 4) is 0 Å². The molecule has 1 aliphatic rings. The highest BCUT2D eigenvalue weighted by atomic mass is 35.5. The number of allylic oxidation sites excluding steroid dienone is 1. The maximum Gasteiger partial charge on any atom is 0.416 e. The molecule has 0 saturated heterocycles. The van der Waals surface area contributed by atoms with E-state index in [1.807, 2.05) is 9.80 Å². The maximum atomic E-state index is 14.7. The minimum absolute atomic E-state index is 0.0595. The van der Waals surface area contributed by atoms with Gasteiger partial charge in [-0.2, -0.15) is 13.2 Å². The van der Waals surface area contributed by atoms with Gasteiger partial charge in [-0.3, -0.25) is 14.0 Å². The van der Waals surface area contributed by atoms with E-state index in [9.17, 15) is 30.8 Å². The molecule has 3 aromatic rings. The second-order valence-electron chi connectivity index (χ2n) is 13.2. The molecule has 0 spiro atoms. The van der Waals surface area contributed by atoms with Crippen molar-refractivity contribution >= 4 is 50.6 Å². The lowest BCUT2D eigenvalue weighted by molar-refractivity contribution is -0.167. The van der Waals surface area contributed by atoms with Crippen molar-refractivity contribution in [2.75, 3.05) is 42.4 Å². The summed E-state index contributed by atoms with van der Waals surface area (Å²) < 4.78 is 89.9. The second kappa shape index (κ2) is 13.7. The van der Waals surface area contributed by atoms with E-state index in [1.165, 1.54) is 12.1 Å². The fourth-order valence-corrected chi connectivity index (χ4v) is 7.12. The second-order valence-corrected chi connectivity index (χ2v) is 15.5. The van der Waals surface area contributed by atoms with Crippen molar-refractivity contribution in [3.63, 3.8) is 0 Å². The Hall–Kier alpha value is -3.61. The zero-order valence-electron chi connectivity index (χ0n) is 28.0. The first kappa shape index (κ1) is 37.2. The van der Waals surface area contributed by atoms with Crippen LogP contribution < -0.4 is 9.21 Å². The van der Waals surface area contributed by atoms with Crippen LogP contribution in [0.25, 0.3) is 11.6 Å². The van der Waals surface area contributed by atoms with Crippen molar-refractivity contribution in [1.29, 1.82) is 0 Å². The van der Waals surface area contributed by atoms with Crippen LogP contribution in [0, 0.1) is 5.82 Å². The lowest BCUT2D eigenvalue weighted by Gasteiger charge is -2.41. The highest BCUT2D eigenvalue weighted by Crippen LogP contribution is 2.40. The van der Waals surface area contributed by atoms with Gasteiger partial charge in [-0.05, 0) is 102 Å². The van der Waals surface area contributed by atoms with Gasteiger partial charge in [-0.25, -0.2) is 12.8 Å². The number of esters is 1. The van der Waals surface area contributed by atoms with Crippen LogP contribution in [-0.4, -0.2) is 63.7 Å². The van der Waals surface area contributed by atoms with Crippen molar-refractivity contribution in [3.05, 3.63) is 88.2 Å². The molecule has 260 valence electrons. The molecular formula is C35H40ClF4N3O4S. The van der Waals surface area contributed by atoms with Crippen LogP contribution >= 0.6 is 11.6 Å². The number of ether oxygens (including phenoxy) is 1. The Morgan fingerprint density at radius 1 is 0.979 bits per heavy atom. The Labute approximate surface area is 284 Å². The number of hydrogen-bond acceptors (Lipinski definition) is 6. The number of fused-ring (bicyclic) bond motifs is 1. The molecule has 0 amide bonds. The molecular weight excluding hydrogens is 670 g/mol. The number of likely N-dealkylation sites (N-methyl/N-ethyl adjacent to an activating group) is 1. The Kier molecular flexibility index (Phi) is 10.6. The van der Waals surface area contributed by atoms with Gasteiger partial charge in [0.2, 0.25) is 0 Å². The number of hydrogen-bond donors (Lipinski definition) is 0. The van der Waals surface area contributed by atoms with Gasteiger partial charge in [0.1, 0.15) is 17.0 Å². The topological polar surface area (TPSA) is 70.2 Å². The molecule has 0 aliphatic carbocycles. The SMILES string of the molecule is C/C(=C\c1ccc2c(c1)N(S(=O)(=O)c1cccc(C(F)(F)F)c1)CCN2CCN(C)C(C)(C)C(=O)OC(C)(C)C)c1c(F)cccc1Cl. The number of carbonyl (C=O) groups is 1. The highest BCUT2D eigenvalue weighted by Gasteiger charge is 2.38. The van der Waals surface area contributed by atoms with Crippen LogP contribution in [0.2, 0.25) is 5.02 Å². The van der Waals surface area contributed by atoms with E-state index >= 15 is 0 Å². The first-order chi connectivity index (χ1) is 22.1. The van der Waals surface area contributed by atoms with Crippen molar-refractivity contribution in [2.45, 2.75) is 63.8 Å². The van der Waals surface area contributed by atoms with E-state index < -0.39 is 49.6 Å². The summed E-state index contributed by atoms with van der Waals surface area (Å²) in [5.41, 5.74) is -0.727. The monoisotopic (exact) mass is 709 g/mol. The minimum Gasteiger partial charge on any atom is -0.459 e. The number of anilines is 2. The van der Waals surface area contributed by atoms with Gasteiger partial charge in [0.25, 0.3) is 10.0 Å². The molecule has 13 heteroatoms. The Morgan fingerprint density at radius 3 is 2.27 bits per heavy atom. The molecule has 1 aliphatic heterocycles. The van der Waals surface area contributed by atoms with Crippen LogP contribution in [0.15, 0.2) is 65.6 Å². The fourth-order valence-electron chi connectivity index (χ4n) is 5.30. The van der Waals surface area contributed by atoms with Crippen LogP contribution in [0.4, 0.5) is 28.9 Å². The van der Waals surface area contributed by atoms with Crippen molar-refractivity contribution < 1.29 is 35.5 Å². The predicted molar refractivity (Wildman–Crippen MR) is 182 cm³/mol. The summed E-state index contributed by atoms with van der Waals surface area (Å²) in [6.07, 6.45) is -3.07. The van der Waals surface area contributed by atoms with Crippen LogP contribution in [0.1, 0.15) is 58.2 Å². The standard InChI is InChI=1S/C35H40ClF4N3O4S/c1-23(31-27(36)12-9-13-28(31)37)20-24-14-15-29-30(21-24)43(48(45,46)26-11-8-10-25(22-26)35(38,39)40)19-18-42(29)17-16-41(7)34(5,6)32(44)47-33(2,3)4/h8-15,20-22H,16-19H2,1-7H3/b23-20+. The van der Waals surface area contributed by atoms with E-state index in [1.54, 1.807) is 78.9 Å². The highest BCUT2D eigenvalue weighted by molar-refractivity contribution is 7.92.